The largest absolute Gasteiger partial charge is 0.497 e. The van der Waals surface area contributed by atoms with Crippen LogP contribution < -0.4 is 19.8 Å². The Balaban J connectivity index is 1.67. The molecule has 1 aliphatic rings. The third-order valence-electron chi connectivity index (χ3n) is 6.15. The second kappa shape index (κ2) is 7.95. The average molecular weight is 469 g/mol. The van der Waals surface area contributed by atoms with Crippen molar-refractivity contribution in [1.82, 2.24) is 4.57 Å². The van der Waals surface area contributed by atoms with Crippen LogP contribution in [-0.2, 0) is 6.54 Å². The van der Waals surface area contributed by atoms with Crippen LogP contribution in [0.2, 0.25) is 0 Å². The van der Waals surface area contributed by atoms with Crippen LogP contribution in [0.15, 0.2) is 75.9 Å². The molecule has 35 heavy (non-hydrogen) atoms. The Morgan fingerprint density at radius 1 is 1.03 bits per heavy atom. The molecule has 8 heteroatoms. The molecule has 0 atom stereocenters. The van der Waals surface area contributed by atoms with Gasteiger partial charge in [-0.05, 0) is 47.5 Å². The minimum absolute atomic E-state index is 0.124. The monoisotopic (exact) mass is 469 g/mol. The molecule has 0 saturated heterocycles. The first-order valence-electron chi connectivity index (χ1n) is 10.9. The average Bonchev–Trinajstić information content (AvgIpc) is 3.49. The van der Waals surface area contributed by atoms with Gasteiger partial charge in [0.05, 0.1) is 19.2 Å². The fourth-order valence-corrected chi connectivity index (χ4v) is 4.53. The lowest BCUT2D eigenvalue weighted by Crippen LogP contribution is -2.28. The third-order valence-corrected chi connectivity index (χ3v) is 6.15. The van der Waals surface area contributed by atoms with Crippen molar-refractivity contribution in [1.29, 1.82) is 0 Å². The summed E-state index contributed by atoms with van der Waals surface area (Å²) in [6, 6.07) is 19.6. The molecule has 0 saturated carbocycles. The van der Waals surface area contributed by atoms with Crippen molar-refractivity contribution in [3.63, 3.8) is 0 Å². The van der Waals surface area contributed by atoms with E-state index in [2.05, 4.69) is 0 Å². The molecule has 0 spiro atoms. The molecule has 0 radical (unpaired) electrons. The Bertz CT molecular complexity index is 1680. The molecule has 1 aliphatic heterocycles. The van der Waals surface area contributed by atoms with E-state index in [-0.39, 0.29) is 24.5 Å². The van der Waals surface area contributed by atoms with Crippen LogP contribution in [0.5, 0.6) is 17.2 Å². The van der Waals surface area contributed by atoms with Crippen molar-refractivity contribution >= 4 is 28.0 Å². The number of aromatic nitrogens is 1. The molecule has 8 nitrogen and oxygen atoms in total. The molecule has 0 aliphatic carbocycles. The first-order chi connectivity index (χ1) is 17.0. The smallest absolute Gasteiger partial charge is 0.342 e. The number of rotatable bonds is 5. The molecule has 0 bridgehead atoms. The van der Waals surface area contributed by atoms with E-state index in [1.54, 1.807) is 49.6 Å². The molecule has 1 N–H and O–H groups in total. The topological polar surface area (TPSA) is 100 Å². The Morgan fingerprint density at radius 2 is 1.80 bits per heavy atom. The van der Waals surface area contributed by atoms with Crippen molar-refractivity contribution in [2.24, 2.45) is 0 Å². The quantitative estimate of drug-likeness (QED) is 0.391. The van der Waals surface area contributed by atoms with Crippen LogP contribution in [0, 0.1) is 0 Å². The van der Waals surface area contributed by atoms with E-state index >= 15 is 0 Å². The Morgan fingerprint density at radius 3 is 2.57 bits per heavy atom. The third kappa shape index (κ3) is 3.30. The summed E-state index contributed by atoms with van der Waals surface area (Å²) in [6.45, 7) is 0.258. The number of carbonyl (C=O) groups is 1. The molecule has 0 fully saturated rings. The van der Waals surface area contributed by atoms with Gasteiger partial charge in [0.25, 0.3) is 5.56 Å². The molecular weight excluding hydrogens is 450 g/mol. The van der Waals surface area contributed by atoms with Crippen LogP contribution in [0.1, 0.15) is 15.9 Å². The summed E-state index contributed by atoms with van der Waals surface area (Å²) in [6.07, 6.45) is 0. The van der Waals surface area contributed by atoms with E-state index < -0.39 is 11.5 Å². The van der Waals surface area contributed by atoms with Gasteiger partial charge in [-0.1, -0.05) is 30.3 Å². The molecule has 3 heterocycles. The number of nitrogens with zero attached hydrogens (tertiary/aromatic N) is 1. The summed E-state index contributed by atoms with van der Waals surface area (Å²) >= 11 is 0. The number of hydrogen-bond donors (Lipinski definition) is 1. The zero-order valence-corrected chi connectivity index (χ0v) is 18.6. The van der Waals surface area contributed by atoms with Crippen LogP contribution in [0.3, 0.4) is 0 Å². The second-order valence-corrected chi connectivity index (χ2v) is 8.14. The van der Waals surface area contributed by atoms with Crippen molar-refractivity contribution in [2.45, 2.75) is 6.54 Å². The highest BCUT2D eigenvalue weighted by molar-refractivity contribution is 6.12. The van der Waals surface area contributed by atoms with Gasteiger partial charge in [0.1, 0.15) is 16.9 Å². The number of ether oxygens (including phenoxy) is 3. The van der Waals surface area contributed by atoms with Crippen LogP contribution in [0.4, 0.5) is 0 Å². The number of benzene rings is 3. The lowest BCUT2D eigenvalue weighted by atomic mass is 9.99. The maximum absolute atomic E-state index is 13.8. The summed E-state index contributed by atoms with van der Waals surface area (Å²) in [5.41, 5.74) is 1.96. The highest BCUT2D eigenvalue weighted by Crippen LogP contribution is 2.38. The van der Waals surface area contributed by atoms with Gasteiger partial charge in [-0.25, -0.2) is 4.79 Å². The van der Waals surface area contributed by atoms with E-state index in [1.807, 2.05) is 24.3 Å². The maximum atomic E-state index is 13.8. The van der Waals surface area contributed by atoms with Crippen LogP contribution >= 0.6 is 0 Å². The fourth-order valence-electron chi connectivity index (χ4n) is 4.53. The lowest BCUT2D eigenvalue weighted by Gasteiger charge is -2.14. The zero-order valence-electron chi connectivity index (χ0n) is 18.6. The first kappa shape index (κ1) is 20.9. The summed E-state index contributed by atoms with van der Waals surface area (Å²) < 4.78 is 23.7. The number of methoxy groups -OCH3 is 1. The Hall–Kier alpha value is -4.72. The highest BCUT2D eigenvalue weighted by Gasteiger charge is 2.27. The predicted molar refractivity (Wildman–Crippen MR) is 129 cm³/mol. The molecule has 0 unspecified atom stereocenters. The first-order valence-corrected chi connectivity index (χ1v) is 10.9. The summed E-state index contributed by atoms with van der Waals surface area (Å²) in [5.74, 6) is 0.489. The number of carboxylic acid groups (broad SMARTS) is 1. The van der Waals surface area contributed by atoms with Crippen molar-refractivity contribution in [3.8, 4) is 28.4 Å². The van der Waals surface area contributed by atoms with E-state index in [1.165, 1.54) is 4.57 Å². The van der Waals surface area contributed by atoms with E-state index in [0.29, 0.717) is 44.9 Å². The van der Waals surface area contributed by atoms with E-state index in [0.717, 1.165) is 5.56 Å². The number of furan rings is 1. The standard InChI is InChI=1S/C27H19NO7/c1-32-17-9-7-16(8-10-17)22-23(27(30)31)26(29)28(13-15-6-11-20-21(12-15)34-14-33-20)24-18-4-2-3-5-19(18)35-25(22)24/h2-12H,13-14H2,1H3,(H,30,31). The van der Waals surface area contributed by atoms with E-state index in [4.69, 9.17) is 18.6 Å². The molecule has 5 aromatic rings. The van der Waals surface area contributed by atoms with Gasteiger partial charge in [0.15, 0.2) is 17.1 Å². The normalized spacial score (nSPS) is 12.4. The van der Waals surface area contributed by atoms with Gasteiger partial charge >= 0.3 is 5.97 Å². The van der Waals surface area contributed by atoms with E-state index in [9.17, 15) is 14.7 Å². The number of para-hydroxylation sites is 1. The van der Waals surface area contributed by atoms with Crippen LogP contribution in [0.25, 0.3) is 33.2 Å². The summed E-state index contributed by atoms with van der Waals surface area (Å²) in [4.78, 5) is 26.2. The van der Waals surface area contributed by atoms with Crippen molar-refractivity contribution in [2.75, 3.05) is 13.9 Å². The molecule has 174 valence electrons. The number of hydrogen-bond acceptors (Lipinski definition) is 6. The summed E-state index contributed by atoms with van der Waals surface area (Å²) in [5, 5.41) is 10.9. The Labute approximate surface area is 198 Å². The number of pyridine rings is 1. The molecular formula is C27H19NO7. The lowest BCUT2D eigenvalue weighted by molar-refractivity contribution is 0.0695. The molecule has 0 amide bonds. The van der Waals surface area contributed by atoms with Gasteiger partial charge in [-0.3, -0.25) is 9.36 Å². The molecule has 3 aromatic carbocycles. The fraction of sp³-hybridized carbons (Fsp3) is 0.111. The van der Waals surface area contributed by atoms with Gasteiger partial charge < -0.3 is 23.7 Å². The van der Waals surface area contributed by atoms with Crippen molar-refractivity contribution < 1.29 is 28.5 Å². The zero-order chi connectivity index (χ0) is 24.1. The number of carboxylic acids is 1. The minimum Gasteiger partial charge on any atom is -0.497 e. The van der Waals surface area contributed by atoms with Gasteiger partial charge in [-0.2, -0.15) is 0 Å². The highest BCUT2D eigenvalue weighted by atomic mass is 16.7. The van der Waals surface area contributed by atoms with Gasteiger partial charge in [-0.15, -0.1) is 0 Å². The van der Waals surface area contributed by atoms with Crippen LogP contribution in [-0.4, -0.2) is 29.5 Å². The summed E-state index contributed by atoms with van der Waals surface area (Å²) in [7, 11) is 1.55. The Kier molecular flexibility index (Phi) is 4.74. The number of aromatic carboxylic acids is 1. The minimum atomic E-state index is -1.33. The molecule has 2 aromatic heterocycles. The molecule has 6 rings (SSSR count). The predicted octanol–water partition coefficient (Wildman–Crippen LogP) is 4.90. The van der Waals surface area contributed by atoms with Gasteiger partial charge in [0, 0.05) is 10.9 Å². The van der Waals surface area contributed by atoms with Crippen molar-refractivity contribution in [3.05, 3.63) is 88.2 Å². The maximum Gasteiger partial charge on any atom is 0.342 e. The number of fused-ring (bicyclic) bond motifs is 4. The van der Waals surface area contributed by atoms with Gasteiger partial charge in [0.2, 0.25) is 6.79 Å². The second-order valence-electron chi connectivity index (χ2n) is 8.14. The SMILES string of the molecule is COc1ccc(-c2c(C(=O)O)c(=O)n(Cc3ccc4c(c3)OCO4)c3c2oc2ccccc23)cc1.